The number of rotatable bonds is 3. The second-order valence-corrected chi connectivity index (χ2v) is 9.23. The van der Waals surface area contributed by atoms with E-state index in [0.717, 1.165) is 10.7 Å². The van der Waals surface area contributed by atoms with E-state index in [2.05, 4.69) is 0 Å². The zero-order valence-electron chi connectivity index (χ0n) is 15.2. The minimum atomic E-state index is -5.14. The largest absolute Gasteiger partial charge is 0.416 e. The molecule has 1 aromatic carbocycles. The molecule has 1 saturated carbocycles. The van der Waals surface area contributed by atoms with E-state index in [1.165, 1.54) is 4.90 Å². The predicted octanol–water partition coefficient (Wildman–Crippen LogP) is 3.21. The molecule has 0 unspecified atom stereocenters. The Morgan fingerprint density at radius 2 is 1.38 bits per heavy atom. The molecule has 0 aromatic heterocycles. The van der Waals surface area contributed by atoms with Crippen LogP contribution in [0.1, 0.15) is 24.5 Å². The monoisotopic (exact) mass is 444 g/mol. The van der Waals surface area contributed by atoms with Gasteiger partial charge in [0.1, 0.15) is 0 Å². The second-order valence-electron chi connectivity index (χ2n) is 7.29. The van der Waals surface area contributed by atoms with Crippen LogP contribution in [0.15, 0.2) is 23.1 Å². The average Bonchev–Trinajstić information content (AvgIpc) is 3.36. The van der Waals surface area contributed by atoms with E-state index in [9.17, 15) is 39.6 Å². The lowest BCUT2D eigenvalue weighted by Gasteiger charge is -2.34. The Kier molecular flexibility index (Phi) is 5.39. The maximum absolute atomic E-state index is 13.0. The van der Waals surface area contributed by atoms with Gasteiger partial charge in [0.25, 0.3) is 0 Å². The SMILES string of the molecule is C[C@H]1C[C@@H]1C(=O)N1CCN(S(=O)(=O)c2cc(C(F)(F)F)cc(C(F)(F)F)c2)CC1. The summed E-state index contributed by atoms with van der Waals surface area (Å²) in [6.07, 6.45) is -9.53. The molecule has 2 aliphatic rings. The standard InChI is InChI=1S/C17H18F6N2O3S/c1-10-6-14(10)15(26)24-2-4-25(5-3-24)29(27,28)13-8-11(16(18,19)20)7-12(9-13)17(21,22)23/h7-10,14H,2-6H2,1H3/t10-,14-/m0/s1. The van der Waals surface area contributed by atoms with E-state index in [4.69, 9.17) is 0 Å². The van der Waals surface area contributed by atoms with E-state index in [1.807, 2.05) is 6.92 Å². The van der Waals surface area contributed by atoms with Crippen LogP contribution in [0.25, 0.3) is 0 Å². The number of piperazine rings is 1. The zero-order valence-corrected chi connectivity index (χ0v) is 16.0. The highest BCUT2D eigenvalue weighted by Crippen LogP contribution is 2.40. The lowest BCUT2D eigenvalue weighted by atomic mass is 10.1. The quantitative estimate of drug-likeness (QED) is 0.673. The fraction of sp³-hybridized carbons (Fsp3) is 0.588. The normalized spacial score (nSPS) is 23.9. The number of hydrogen-bond acceptors (Lipinski definition) is 3. The number of sulfonamides is 1. The first-order valence-electron chi connectivity index (χ1n) is 8.79. The molecule has 2 fully saturated rings. The molecule has 1 saturated heterocycles. The van der Waals surface area contributed by atoms with E-state index >= 15 is 0 Å². The van der Waals surface area contributed by atoms with Crippen molar-refractivity contribution in [1.82, 2.24) is 9.21 Å². The average molecular weight is 444 g/mol. The summed E-state index contributed by atoms with van der Waals surface area (Å²) in [7, 11) is -4.60. The molecule has 1 aliphatic heterocycles. The Bertz CT molecular complexity index is 872. The van der Waals surface area contributed by atoms with Crippen molar-refractivity contribution in [2.75, 3.05) is 26.2 Å². The first-order valence-corrected chi connectivity index (χ1v) is 10.2. The maximum Gasteiger partial charge on any atom is 0.416 e. The molecule has 1 aliphatic carbocycles. The van der Waals surface area contributed by atoms with Gasteiger partial charge in [-0.05, 0) is 30.5 Å². The highest BCUT2D eigenvalue weighted by atomic mass is 32.2. The Labute approximate surface area is 163 Å². The summed E-state index contributed by atoms with van der Waals surface area (Å²) < 4.78 is 104. The van der Waals surface area contributed by atoms with Crippen LogP contribution in [-0.4, -0.2) is 49.7 Å². The van der Waals surface area contributed by atoms with Gasteiger partial charge in [-0.2, -0.15) is 30.6 Å². The Morgan fingerprint density at radius 1 is 0.931 bits per heavy atom. The molecule has 0 N–H and O–H groups in total. The molecule has 2 atom stereocenters. The van der Waals surface area contributed by atoms with Gasteiger partial charge in [0.15, 0.2) is 0 Å². The summed E-state index contributed by atoms with van der Waals surface area (Å²) in [6, 6.07) is 0.286. The van der Waals surface area contributed by atoms with Gasteiger partial charge in [-0.1, -0.05) is 6.92 Å². The van der Waals surface area contributed by atoms with Gasteiger partial charge >= 0.3 is 12.4 Å². The van der Waals surface area contributed by atoms with Crippen LogP contribution in [0.5, 0.6) is 0 Å². The number of hydrogen-bond donors (Lipinski definition) is 0. The summed E-state index contributed by atoms with van der Waals surface area (Å²) in [6.45, 7) is 1.58. The van der Waals surface area contributed by atoms with Gasteiger partial charge in [-0.3, -0.25) is 4.79 Å². The van der Waals surface area contributed by atoms with Gasteiger partial charge in [0.05, 0.1) is 16.0 Å². The highest BCUT2D eigenvalue weighted by Gasteiger charge is 2.43. The van der Waals surface area contributed by atoms with Crippen molar-refractivity contribution in [3.8, 4) is 0 Å². The van der Waals surface area contributed by atoms with E-state index in [1.54, 1.807) is 0 Å². The lowest BCUT2D eigenvalue weighted by Crippen LogP contribution is -2.51. The number of halogens is 6. The lowest BCUT2D eigenvalue weighted by molar-refractivity contribution is -0.143. The van der Waals surface area contributed by atoms with Gasteiger partial charge in [-0.15, -0.1) is 0 Å². The number of carbonyl (C=O) groups excluding carboxylic acids is 1. The number of alkyl halides is 6. The van der Waals surface area contributed by atoms with Crippen molar-refractivity contribution < 1.29 is 39.6 Å². The molecular formula is C17H18F6N2O3S. The van der Waals surface area contributed by atoms with Gasteiger partial charge < -0.3 is 4.90 Å². The highest BCUT2D eigenvalue weighted by molar-refractivity contribution is 7.89. The first kappa shape index (κ1) is 21.9. The van der Waals surface area contributed by atoms with Gasteiger partial charge in [0, 0.05) is 32.1 Å². The summed E-state index contributed by atoms with van der Waals surface area (Å²) >= 11 is 0. The summed E-state index contributed by atoms with van der Waals surface area (Å²) in [4.78, 5) is 12.6. The molecule has 1 aromatic rings. The van der Waals surface area contributed by atoms with Crippen LogP contribution >= 0.6 is 0 Å². The minimum Gasteiger partial charge on any atom is -0.340 e. The molecule has 162 valence electrons. The van der Waals surface area contributed by atoms with Crippen molar-refractivity contribution in [1.29, 1.82) is 0 Å². The minimum absolute atomic E-state index is 0.0341. The number of benzene rings is 1. The van der Waals surface area contributed by atoms with E-state index in [-0.39, 0.29) is 62.1 Å². The number of amides is 1. The third-order valence-corrected chi connectivity index (χ3v) is 7.05. The van der Waals surface area contributed by atoms with Crippen LogP contribution < -0.4 is 0 Å². The van der Waals surface area contributed by atoms with Crippen LogP contribution in [0.3, 0.4) is 0 Å². The Morgan fingerprint density at radius 3 is 1.76 bits per heavy atom. The second kappa shape index (κ2) is 7.15. The number of carbonyl (C=O) groups is 1. The van der Waals surface area contributed by atoms with Crippen LogP contribution in [0.4, 0.5) is 26.3 Å². The fourth-order valence-electron chi connectivity index (χ4n) is 3.27. The third kappa shape index (κ3) is 4.52. The molecule has 1 heterocycles. The molecule has 0 radical (unpaired) electrons. The summed E-state index contributed by atoms with van der Waals surface area (Å²) in [5.41, 5.74) is -3.38. The fourth-order valence-corrected chi connectivity index (χ4v) is 4.77. The topological polar surface area (TPSA) is 57.7 Å². The molecule has 0 bridgehead atoms. The molecular weight excluding hydrogens is 426 g/mol. The van der Waals surface area contributed by atoms with Crippen molar-refractivity contribution in [3.05, 3.63) is 29.3 Å². The van der Waals surface area contributed by atoms with E-state index < -0.39 is 38.4 Å². The van der Waals surface area contributed by atoms with Crippen molar-refractivity contribution in [2.24, 2.45) is 11.8 Å². The van der Waals surface area contributed by atoms with Crippen LogP contribution in [0, 0.1) is 11.8 Å². The molecule has 5 nitrogen and oxygen atoms in total. The smallest absolute Gasteiger partial charge is 0.340 e. The Balaban J connectivity index is 1.85. The molecule has 12 heteroatoms. The van der Waals surface area contributed by atoms with Crippen molar-refractivity contribution in [2.45, 2.75) is 30.6 Å². The molecule has 1 amide bonds. The van der Waals surface area contributed by atoms with Crippen molar-refractivity contribution in [3.63, 3.8) is 0 Å². The molecule has 0 spiro atoms. The molecule has 3 rings (SSSR count). The Hall–Kier alpha value is -1.82. The summed E-state index contributed by atoms with van der Waals surface area (Å²) in [5, 5.41) is 0. The first-order chi connectivity index (χ1) is 13.2. The van der Waals surface area contributed by atoms with Crippen LogP contribution in [-0.2, 0) is 27.2 Å². The summed E-state index contributed by atoms with van der Waals surface area (Å²) in [5.74, 6) is 0.0547. The maximum atomic E-state index is 13.0. The van der Waals surface area contributed by atoms with Gasteiger partial charge in [-0.25, -0.2) is 8.42 Å². The van der Waals surface area contributed by atoms with Crippen LogP contribution in [0.2, 0.25) is 0 Å². The van der Waals surface area contributed by atoms with Gasteiger partial charge in [0.2, 0.25) is 15.9 Å². The van der Waals surface area contributed by atoms with E-state index in [0.29, 0.717) is 0 Å². The molecule has 29 heavy (non-hydrogen) atoms. The third-order valence-electron chi connectivity index (χ3n) is 5.18. The zero-order chi connectivity index (χ0) is 21.8. The van der Waals surface area contributed by atoms with Crippen molar-refractivity contribution >= 4 is 15.9 Å². The number of nitrogens with zero attached hydrogens (tertiary/aromatic N) is 2. The predicted molar refractivity (Wildman–Crippen MR) is 89.1 cm³/mol.